The SMILES string of the molecule is Cc1cccc(C2CC(=O)c3cnc4nc(SCc5ccc(Cl)cc5)nn4c3C2)c1. The second kappa shape index (κ2) is 7.85. The van der Waals surface area contributed by atoms with Crippen molar-refractivity contribution in [3.8, 4) is 0 Å². The third kappa shape index (κ3) is 3.73. The molecule has 0 saturated carbocycles. The maximum atomic E-state index is 12.8. The predicted molar refractivity (Wildman–Crippen MR) is 118 cm³/mol. The fourth-order valence-corrected chi connectivity index (χ4v) is 4.78. The van der Waals surface area contributed by atoms with Crippen molar-refractivity contribution in [2.75, 3.05) is 0 Å². The molecule has 0 fully saturated rings. The van der Waals surface area contributed by atoms with Gasteiger partial charge in [0.05, 0.1) is 11.3 Å². The van der Waals surface area contributed by atoms with Crippen LogP contribution in [0, 0.1) is 6.92 Å². The maximum absolute atomic E-state index is 12.8. The summed E-state index contributed by atoms with van der Waals surface area (Å²) in [5, 5.41) is 6.04. The third-order valence-corrected chi connectivity index (χ3v) is 6.57. The molecule has 0 aliphatic heterocycles. The Hall–Kier alpha value is -2.70. The second-order valence-corrected chi connectivity index (χ2v) is 8.96. The summed E-state index contributed by atoms with van der Waals surface area (Å²) < 4.78 is 1.75. The van der Waals surface area contributed by atoms with Crippen LogP contribution in [0.15, 0.2) is 59.9 Å². The van der Waals surface area contributed by atoms with E-state index < -0.39 is 0 Å². The number of aromatic nitrogens is 4. The molecular weight excluding hydrogens is 416 g/mol. The van der Waals surface area contributed by atoms with Crippen molar-refractivity contribution in [1.82, 2.24) is 19.6 Å². The number of hydrogen-bond acceptors (Lipinski definition) is 5. The maximum Gasteiger partial charge on any atom is 0.253 e. The van der Waals surface area contributed by atoms with Crippen LogP contribution in [0.2, 0.25) is 5.02 Å². The number of carbonyl (C=O) groups excluding carboxylic acids is 1. The lowest BCUT2D eigenvalue weighted by atomic mass is 9.82. The van der Waals surface area contributed by atoms with Gasteiger partial charge in [0, 0.05) is 23.4 Å². The van der Waals surface area contributed by atoms with E-state index in [1.54, 1.807) is 22.5 Å². The van der Waals surface area contributed by atoms with Crippen LogP contribution < -0.4 is 0 Å². The van der Waals surface area contributed by atoms with E-state index in [2.05, 4.69) is 40.2 Å². The topological polar surface area (TPSA) is 60.2 Å². The van der Waals surface area contributed by atoms with Gasteiger partial charge in [-0.1, -0.05) is 65.3 Å². The summed E-state index contributed by atoms with van der Waals surface area (Å²) in [4.78, 5) is 21.8. The molecule has 0 saturated heterocycles. The molecule has 5 rings (SSSR count). The molecule has 5 nitrogen and oxygen atoms in total. The number of carbonyl (C=O) groups is 1. The number of fused-ring (bicyclic) bond motifs is 3. The quantitative estimate of drug-likeness (QED) is 0.408. The zero-order chi connectivity index (χ0) is 20.7. The normalized spacial score (nSPS) is 16.1. The van der Waals surface area contributed by atoms with E-state index in [9.17, 15) is 4.79 Å². The Labute approximate surface area is 183 Å². The first-order chi connectivity index (χ1) is 14.6. The van der Waals surface area contributed by atoms with E-state index in [0.717, 1.165) is 28.5 Å². The van der Waals surface area contributed by atoms with Crippen LogP contribution in [-0.4, -0.2) is 25.4 Å². The Morgan fingerprint density at radius 2 is 2.00 bits per heavy atom. The van der Waals surface area contributed by atoms with Crippen LogP contribution in [-0.2, 0) is 12.2 Å². The van der Waals surface area contributed by atoms with Gasteiger partial charge in [-0.25, -0.2) is 4.98 Å². The van der Waals surface area contributed by atoms with Crippen molar-refractivity contribution in [3.05, 3.63) is 87.7 Å². The van der Waals surface area contributed by atoms with Crippen molar-refractivity contribution in [1.29, 1.82) is 0 Å². The fourth-order valence-electron chi connectivity index (χ4n) is 3.88. The smallest absolute Gasteiger partial charge is 0.253 e. The third-order valence-electron chi connectivity index (χ3n) is 5.41. The number of thioether (sulfide) groups is 1. The Balaban J connectivity index is 1.45. The average Bonchev–Trinajstić information content (AvgIpc) is 3.17. The number of ketones is 1. The zero-order valence-electron chi connectivity index (χ0n) is 16.4. The van der Waals surface area contributed by atoms with Gasteiger partial charge in [-0.15, -0.1) is 5.10 Å². The summed E-state index contributed by atoms with van der Waals surface area (Å²) in [5.41, 5.74) is 5.09. The first-order valence-corrected chi connectivity index (χ1v) is 11.1. The summed E-state index contributed by atoms with van der Waals surface area (Å²) in [6.45, 7) is 2.08. The highest BCUT2D eigenvalue weighted by molar-refractivity contribution is 7.98. The number of Topliss-reactive ketones (excluding diaryl/α,β-unsaturated/α-hetero) is 1. The van der Waals surface area contributed by atoms with Gasteiger partial charge in [-0.3, -0.25) is 4.79 Å². The summed E-state index contributed by atoms with van der Waals surface area (Å²) in [7, 11) is 0. The molecule has 0 bridgehead atoms. The Morgan fingerprint density at radius 3 is 2.80 bits per heavy atom. The molecule has 2 heterocycles. The van der Waals surface area contributed by atoms with Crippen molar-refractivity contribution < 1.29 is 4.79 Å². The van der Waals surface area contributed by atoms with Gasteiger partial charge < -0.3 is 0 Å². The van der Waals surface area contributed by atoms with Crippen LogP contribution in [0.5, 0.6) is 0 Å². The highest BCUT2D eigenvalue weighted by Gasteiger charge is 2.29. The van der Waals surface area contributed by atoms with Crippen LogP contribution in [0.1, 0.15) is 45.1 Å². The molecule has 0 amide bonds. The van der Waals surface area contributed by atoms with E-state index in [4.69, 9.17) is 11.6 Å². The highest BCUT2D eigenvalue weighted by atomic mass is 35.5. The van der Waals surface area contributed by atoms with E-state index in [-0.39, 0.29) is 11.7 Å². The number of nitrogens with zero attached hydrogens (tertiary/aromatic N) is 4. The molecular formula is C23H19ClN4OS. The van der Waals surface area contributed by atoms with Gasteiger partial charge in [0.25, 0.3) is 5.78 Å². The lowest BCUT2D eigenvalue weighted by Gasteiger charge is -2.24. The minimum Gasteiger partial charge on any atom is -0.294 e. The standard InChI is InChI=1S/C23H19ClN4OS/c1-14-3-2-4-16(9-14)17-10-20-19(21(29)11-17)12-25-22-26-23(27-28(20)22)30-13-15-5-7-18(24)8-6-15/h2-9,12,17H,10-11,13H2,1H3. The molecule has 1 unspecified atom stereocenters. The highest BCUT2D eigenvalue weighted by Crippen LogP contribution is 2.33. The van der Waals surface area contributed by atoms with Crippen LogP contribution in [0.4, 0.5) is 0 Å². The molecule has 1 aliphatic rings. The summed E-state index contributed by atoms with van der Waals surface area (Å²) in [6, 6.07) is 16.1. The monoisotopic (exact) mass is 434 g/mol. The predicted octanol–water partition coefficient (Wildman–Crippen LogP) is 5.29. The molecule has 1 atom stereocenters. The molecule has 4 aromatic rings. The largest absolute Gasteiger partial charge is 0.294 e. The first-order valence-electron chi connectivity index (χ1n) is 9.78. The van der Waals surface area contributed by atoms with Crippen LogP contribution >= 0.6 is 23.4 Å². The average molecular weight is 435 g/mol. The number of aryl methyl sites for hydroxylation is 1. The van der Waals surface area contributed by atoms with E-state index >= 15 is 0 Å². The van der Waals surface area contributed by atoms with Crippen molar-refractivity contribution >= 4 is 34.9 Å². The molecule has 2 aromatic carbocycles. The molecule has 150 valence electrons. The van der Waals surface area contributed by atoms with Crippen LogP contribution in [0.25, 0.3) is 5.78 Å². The summed E-state index contributed by atoms with van der Waals surface area (Å²) in [5.74, 6) is 1.53. The number of benzene rings is 2. The van der Waals surface area contributed by atoms with E-state index in [1.165, 1.54) is 11.1 Å². The van der Waals surface area contributed by atoms with Gasteiger partial charge in [0.15, 0.2) is 5.78 Å². The summed E-state index contributed by atoms with van der Waals surface area (Å²) in [6.07, 6.45) is 2.90. The second-order valence-electron chi connectivity index (χ2n) is 7.58. The van der Waals surface area contributed by atoms with Gasteiger partial charge in [-0.05, 0) is 42.5 Å². The van der Waals surface area contributed by atoms with Crippen molar-refractivity contribution in [2.24, 2.45) is 0 Å². The fraction of sp³-hybridized carbons (Fsp3) is 0.217. The molecule has 1 aliphatic carbocycles. The molecule has 7 heteroatoms. The van der Waals surface area contributed by atoms with Gasteiger partial charge in [0.1, 0.15) is 0 Å². The van der Waals surface area contributed by atoms with E-state index in [1.807, 2.05) is 30.3 Å². The molecule has 30 heavy (non-hydrogen) atoms. The molecule has 2 aromatic heterocycles. The number of hydrogen-bond donors (Lipinski definition) is 0. The molecule has 0 spiro atoms. The minimum atomic E-state index is 0.114. The summed E-state index contributed by atoms with van der Waals surface area (Å²) >= 11 is 7.50. The van der Waals surface area contributed by atoms with Crippen molar-refractivity contribution in [2.45, 2.75) is 36.6 Å². The number of rotatable bonds is 4. The van der Waals surface area contributed by atoms with E-state index in [0.29, 0.717) is 22.9 Å². The zero-order valence-corrected chi connectivity index (χ0v) is 18.0. The molecule has 0 N–H and O–H groups in total. The minimum absolute atomic E-state index is 0.114. The Kier molecular flexibility index (Phi) is 5.05. The number of halogens is 1. The van der Waals surface area contributed by atoms with Gasteiger partial charge >= 0.3 is 0 Å². The first kappa shape index (κ1) is 19.3. The van der Waals surface area contributed by atoms with Crippen LogP contribution in [0.3, 0.4) is 0 Å². The van der Waals surface area contributed by atoms with Gasteiger partial charge in [-0.2, -0.15) is 9.50 Å². The molecule has 0 radical (unpaired) electrons. The lowest BCUT2D eigenvalue weighted by Crippen LogP contribution is -2.22. The van der Waals surface area contributed by atoms with Gasteiger partial charge in [0.2, 0.25) is 5.16 Å². The lowest BCUT2D eigenvalue weighted by molar-refractivity contribution is 0.0962. The Morgan fingerprint density at radius 1 is 1.17 bits per heavy atom. The van der Waals surface area contributed by atoms with Crippen molar-refractivity contribution in [3.63, 3.8) is 0 Å². The Bertz CT molecular complexity index is 1250.